The molecule has 0 bridgehead atoms. The summed E-state index contributed by atoms with van der Waals surface area (Å²) in [5.41, 5.74) is -0.692. The number of amides is 2. The largest absolute Gasteiger partial charge is 0.444 e. The summed E-state index contributed by atoms with van der Waals surface area (Å²) in [6.07, 6.45) is -2.59. The lowest BCUT2D eigenvalue weighted by Crippen LogP contribution is -2.41. The van der Waals surface area contributed by atoms with E-state index in [9.17, 15) is 22.8 Å². The average molecular weight is 364 g/mol. The predicted octanol–water partition coefficient (Wildman–Crippen LogP) is 2.27. The highest BCUT2D eigenvalue weighted by molar-refractivity contribution is 5.82. The van der Waals surface area contributed by atoms with Crippen molar-refractivity contribution < 1.29 is 27.5 Å². The fraction of sp³-hybridized carbons (Fsp3) is 0.667. The van der Waals surface area contributed by atoms with Gasteiger partial charge in [-0.05, 0) is 20.8 Å². The lowest BCUT2D eigenvalue weighted by atomic mass is 10.2. The van der Waals surface area contributed by atoms with Gasteiger partial charge < -0.3 is 19.1 Å². The molecular formula is C15H23F3N4O3. The molecule has 0 N–H and O–H groups in total. The van der Waals surface area contributed by atoms with Gasteiger partial charge in [-0.3, -0.25) is 4.79 Å². The summed E-state index contributed by atoms with van der Waals surface area (Å²) in [7, 11) is 2.84. The van der Waals surface area contributed by atoms with Crippen molar-refractivity contribution in [2.24, 2.45) is 0 Å². The maximum Gasteiger partial charge on any atom is 0.410 e. The first-order chi connectivity index (χ1) is 11.3. The summed E-state index contributed by atoms with van der Waals surface area (Å²) in [5.74, 6) is -0.344. The van der Waals surface area contributed by atoms with Crippen LogP contribution in [0, 0.1) is 0 Å². The van der Waals surface area contributed by atoms with Gasteiger partial charge in [-0.2, -0.15) is 13.2 Å². The fourth-order valence-electron chi connectivity index (χ4n) is 1.86. The van der Waals surface area contributed by atoms with E-state index in [1.54, 1.807) is 20.8 Å². The van der Waals surface area contributed by atoms with Gasteiger partial charge in [0.2, 0.25) is 5.91 Å². The molecule has 0 saturated carbocycles. The fourth-order valence-corrected chi connectivity index (χ4v) is 1.86. The van der Waals surface area contributed by atoms with Crippen LogP contribution in [0.4, 0.5) is 18.0 Å². The Morgan fingerprint density at radius 2 is 1.80 bits per heavy atom. The Labute approximate surface area is 144 Å². The molecule has 0 atom stereocenters. The second kappa shape index (κ2) is 7.75. The molecule has 10 heteroatoms. The average Bonchev–Trinajstić information content (AvgIpc) is 2.81. The van der Waals surface area contributed by atoms with Crippen LogP contribution in [0.3, 0.4) is 0 Å². The van der Waals surface area contributed by atoms with E-state index < -0.39 is 30.3 Å². The number of halogens is 3. The number of ether oxygens (including phenoxy) is 1. The molecule has 0 unspecified atom stereocenters. The lowest BCUT2D eigenvalue weighted by molar-refractivity contribution is -0.141. The standard InChI is InChI=1S/C15H23F3N4O3/c1-14(2,3)25-13(24)21(5)9-12(23)20(4)8-11-19-6-7-22(11)10-15(16,17)18/h6-7H,8-10H2,1-5H3. The maximum absolute atomic E-state index is 12.5. The summed E-state index contributed by atoms with van der Waals surface area (Å²) in [5, 5.41) is 0. The molecule has 0 fully saturated rings. The third kappa shape index (κ3) is 7.44. The smallest absolute Gasteiger partial charge is 0.410 e. The van der Waals surface area contributed by atoms with Crippen LogP contribution in [0.2, 0.25) is 0 Å². The van der Waals surface area contributed by atoms with E-state index in [0.717, 1.165) is 9.47 Å². The van der Waals surface area contributed by atoms with Crippen molar-refractivity contribution in [2.75, 3.05) is 20.6 Å². The van der Waals surface area contributed by atoms with Crippen LogP contribution in [0.1, 0.15) is 26.6 Å². The van der Waals surface area contributed by atoms with Gasteiger partial charge >= 0.3 is 12.3 Å². The molecule has 0 spiro atoms. The predicted molar refractivity (Wildman–Crippen MR) is 83.6 cm³/mol. The topological polar surface area (TPSA) is 67.7 Å². The Morgan fingerprint density at radius 3 is 2.32 bits per heavy atom. The quantitative estimate of drug-likeness (QED) is 0.804. The first-order valence-electron chi connectivity index (χ1n) is 7.53. The normalized spacial score (nSPS) is 12.0. The van der Waals surface area contributed by atoms with Crippen LogP contribution in [0.15, 0.2) is 12.4 Å². The number of hydrogen-bond acceptors (Lipinski definition) is 4. The highest BCUT2D eigenvalue weighted by atomic mass is 19.4. The van der Waals surface area contributed by atoms with Gasteiger partial charge in [0.25, 0.3) is 0 Å². The second-order valence-electron chi connectivity index (χ2n) is 6.67. The monoisotopic (exact) mass is 364 g/mol. The molecule has 7 nitrogen and oxygen atoms in total. The van der Waals surface area contributed by atoms with Gasteiger partial charge in [-0.25, -0.2) is 9.78 Å². The Kier molecular flexibility index (Phi) is 6.44. The molecule has 0 aliphatic heterocycles. The van der Waals surface area contributed by atoms with Crippen molar-refractivity contribution in [3.8, 4) is 0 Å². The number of carbonyl (C=O) groups excluding carboxylic acids is 2. The molecule has 25 heavy (non-hydrogen) atoms. The van der Waals surface area contributed by atoms with E-state index in [4.69, 9.17) is 4.74 Å². The van der Waals surface area contributed by atoms with E-state index in [2.05, 4.69) is 4.98 Å². The van der Waals surface area contributed by atoms with Gasteiger partial charge in [0, 0.05) is 26.5 Å². The third-order valence-electron chi connectivity index (χ3n) is 3.03. The lowest BCUT2D eigenvalue weighted by Gasteiger charge is -2.26. The molecule has 2 amide bonds. The number of likely N-dealkylation sites (N-methyl/N-ethyl adjacent to an activating group) is 2. The van der Waals surface area contributed by atoms with Crippen molar-refractivity contribution >= 4 is 12.0 Å². The number of hydrogen-bond donors (Lipinski definition) is 0. The number of aromatic nitrogens is 2. The van der Waals surface area contributed by atoms with Crippen LogP contribution in [0.25, 0.3) is 0 Å². The highest BCUT2D eigenvalue weighted by Crippen LogP contribution is 2.18. The first-order valence-corrected chi connectivity index (χ1v) is 7.53. The minimum Gasteiger partial charge on any atom is -0.444 e. The molecule has 1 aromatic rings. The first kappa shape index (κ1) is 20.8. The van der Waals surface area contributed by atoms with E-state index in [0.29, 0.717) is 0 Å². The van der Waals surface area contributed by atoms with Gasteiger partial charge in [0.15, 0.2) is 0 Å². The number of rotatable bonds is 5. The zero-order valence-electron chi connectivity index (χ0n) is 14.9. The zero-order chi connectivity index (χ0) is 19.4. The van der Waals surface area contributed by atoms with Gasteiger partial charge in [-0.15, -0.1) is 0 Å². The summed E-state index contributed by atoms with van der Waals surface area (Å²) in [6, 6.07) is 0. The van der Waals surface area contributed by atoms with E-state index in [-0.39, 0.29) is 18.9 Å². The van der Waals surface area contributed by atoms with Crippen molar-refractivity contribution in [3.05, 3.63) is 18.2 Å². The second-order valence-corrected chi connectivity index (χ2v) is 6.67. The summed E-state index contributed by atoms with van der Waals surface area (Å²) >= 11 is 0. The number of alkyl halides is 3. The minimum absolute atomic E-state index is 0.105. The van der Waals surface area contributed by atoms with Gasteiger partial charge in [0.05, 0.1) is 6.54 Å². The van der Waals surface area contributed by atoms with Crippen LogP contribution in [-0.2, 0) is 22.6 Å². The number of carbonyl (C=O) groups is 2. The van der Waals surface area contributed by atoms with E-state index in [1.165, 1.54) is 31.4 Å². The van der Waals surface area contributed by atoms with Crippen molar-refractivity contribution in [2.45, 2.75) is 45.6 Å². The van der Waals surface area contributed by atoms with Crippen LogP contribution >= 0.6 is 0 Å². The van der Waals surface area contributed by atoms with Crippen molar-refractivity contribution in [1.29, 1.82) is 0 Å². The van der Waals surface area contributed by atoms with Crippen LogP contribution in [0.5, 0.6) is 0 Å². The van der Waals surface area contributed by atoms with Crippen molar-refractivity contribution in [3.63, 3.8) is 0 Å². The Bertz CT molecular complexity index is 608. The maximum atomic E-state index is 12.5. The van der Waals surface area contributed by atoms with Crippen molar-refractivity contribution in [1.82, 2.24) is 19.4 Å². The zero-order valence-corrected chi connectivity index (χ0v) is 14.9. The minimum atomic E-state index is -4.38. The highest BCUT2D eigenvalue weighted by Gasteiger charge is 2.29. The summed E-state index contributed by atoms with van der Waals surface area (Å²) in [4.78, 5) is 30.2. The molecule has 1 aromatic heterocycles. The Morgan fingerprint density at radius 1 is 1.20 bits per heavy atom. The molecule has 0 radical (unpaired) electrons. The summed E-state index contributed by atoms with van der Waals surface area (Å²) < 4.78 is 43.6. The molecule has 1 rings (SSSR count). The SMILES string of the molecule is CN(Cc1nccn1CC(F)(F)F)C(=O)CN(C)C(=O)OC(C)(C)C. The molecule has 142 valence electrons. The third-order valence-corrected chi connectivity index (χ3v) is 3.03. The van der Waals surface area contributed by atoms with Crippen LogP contribution < -0.4 is 0 Å². The molecule has 0 saturated heterocycles. The Balaban J connectivity index is 2.63. The van der Waals surface area contributed by atoms with Gasteiger partial charge in [-0.1, -0.05) is 0 Å². The van der Waals surface area contributed by atoms with E-state index in [1.807, 2.05) is 0 Å². The summed E-state index contributed by atoms with van der Waals surface area (Å²) in [6.45, 7) is 3.56. The number of imidazole rings is 1. The Hall–Kier alpha value is -2.26. The molecular weight excluding hydrogens is 341 g/mol. The molecule has 0 aromatic carbocycles. The molecule has 0 aliphatic carbocycles. The molecule has 0 aliphatic rings. The van der Waals surface area contributed by atoms with Gasteiger partial charge in [0.1, 0.15) is 24.5 Å². The van der Waals surface area contributed by atoms with Crippen LogP contribution in [-0.4, -0.2) is 63.8 Å². The number of nitrogens with zero attached hydrogens (tertiary/aromatic N) is 4. The molecule has 1 heterocycles. The van der Waals surface area contributed by atoms with E-state index >= 15 is 0 Å².